The van der Waals surface area contributed by atoms with Crippen LogP contribution in [0.4, 0.5) is 0 Å². The van der Waals surface area contributed by atoms with Gasteiger partial charge in [-0.3, -0.25) is 10.2 Å². The number of nitrogens with one attached hydrogen (secondary N) is 2. The summed E-state index contributed by atoms with van der Waals surface area (Å²) in [6.45, 7) is 3.22. The zero-order valence-corrected chi connectivity index (χ0v) is 10.7. The van der Waals surface area contributed by atoms with Gasteiger partial charge >= 0.3 is 0 Å². The fraction of sp³-hybridized carbons (Fsp3) is 0.214. The van der Waals surface area contributed by atoms with Crippen LogP contribution in [0, 0.1) is 17.7 Å². The molecule has 0 bridgehead atoms. The van der Waals surface area contributed by atoms with Crippen LogP contribution in [0.3, 0.4) is 0 Å². The molecule has 0 heterocycles. The van der Waals surface area contributed by atoms with Crippen LogP contribution in [-0.2, 0) is 4.79 Å². The molecule has 0 aliphatic heterocycles. The first kappa shape index (κ1) is 13.8. The van der Waals surface area contributed by atoms with Gasteiger partial charge in [0.1, 0.15) is 5.75 Å². The van der Waals surface area contributed by atoms with E-state index in [2.05, 4.69) is 0 Å². The summed E-state index contributed by atoms with van der Waals surface area (Å²) >= 11 is 0. The number of para-hydroxylation sites is 1. The number of allylic oxidation sites excluding steroid dienone is 2. The van der Waals surface area contributed by atoms with Gasteiger partial charge in [-0.1, -0.05) is 12.1 Å². The van der Waals surface area contributed by atoms with Crippen molar-refractivity contribution in [2.24, 2.45) is 0 Å². The normalized spacial score (nSPS) is 10.4. The molecule has 0 amide bonds. The lowest BCUT2D eigenvalue weighted by atomic mass is 10.0. The summed E-state index contributed by atoms with van der Waals surface area (Å²) in [5.41, 5.74) is 1.67. The van der Waals surface area contributed by atoms with Gasteiger partial charge in [0.25, 0.3) is 0 Å². The van der Waals surface area contributed by atoms with E-state index in [0.717, 1.165) is 5.56 Å². The molecule has 0 fully saturated rings. The number of rotatable bonds is 5. The van der Waals surface area contributed by atoms with E-state index in [9.17, 15) is 4.79 Å². The van der Waals surface area contributed by atoms with Crippen molar-refractivity contribution in [2.75, 3.05) is 7.11 Å². The number of methoxy groups -OCH3 is 1. The molecule has 4 heteroatoms. The van der Waals surface area contributed by atoms with E-state index in [1.807, 2.05) is 19.1 Å². The van der Waals surface area contributed by atoms with Crippen molar-refractivity contribution < 1.29 is 9.53 Å². The Balaban J connectivity index is 3.02. The molecule has 0 atom stereocenters. The molecule has 0 aliphatic carbocycles. The highest BCUT2D eigenvalue weighted by molar-refractivity contribution is 6.42. The summed E-state index contributed by atoms with van der Waals surface area (Å²) < 4.78 is 5.26. The second-order valence-electron chi connectivity index (χ2n) is 3.87. The predicted molar refractivity (Wildman–Crippen MR) is 72.1 cm³/mol. The van der Waals surface area contributed by atoms with Crippen LogP contribution in [0.2, 0.25) is 0 Å². The highest BCUT2D eigenvalue weighted by atomic mass is 16.5. The van der Waals surface area contributed by atoms with Crippen LogP contribution in [0.15, 0.2) is 30.4 Å². The first-order chi connectivity index (χ1) is 8.47. The molecule has 0 saturated heterocycles. The molecule has 2 N–H and O–H groups in total. The van der Waals surface area contributed by atoms with E-state index < -0.39 is 0 Å². The smallest absolute Gasteiger partial charge is 0.177 e. The van der Waals surface area contributed by atoms with Crippen molar-refractivity contribution in [2.45, 2.75) is 13.8 Å². The Morgan fingerprint density at radius 2 is 1.94 bits per heavy atom. The minimum Gasteiger partial charge on any atom is -0.496 e. The van der Waals surface area contributed by atoms with Crippen LogP contribution in [-0.4, -0.2) is 24.3 Å². The van der Waals surface area contributed by atoms with Crippen molar-refractivity contribution in [3.63, 3.8) is 0 Å². The van der Waals surface area contributed by atoms with Gasteiger partial charge in [-0.05, 0) is 30.7 Å². The molecule has 1 aromatic carbocycles. The third kappa shape index (κ3) is 3.13. The molecule has 18 heavy (non-hydrogen) atoms. The monoisotopic (exact) mass is 244 g/mol. The van der Waals surface area contributed by atoms with E-state index in [0.29, 0.717) is 11.3 Å². The van der Waals surface area contributed by atoms with Gasteiger partial charge in [0.05, 0.1) is 18.5 Å². The Morgan fingerprint density at radius 3 is 2.50 bits per heavy atom. The second-order valence-corrected chi connectivity index (χ2v) is 3.87. The fourth-order valence-electron chi connectivity index (χ4n) is 1.51. The predicted octanol–water partition coefficient (Wildman–Crippen LogP) is 2.54. The lowest BCUT2D eigenvalue weighted by Gasteiger charge is -2.09. The largest absolute Gasteiger partial charge is 0.496 e. The fourth-order valence-corrected chi connectivity index (χ4v) is 1.51. The Labute approximate surface area is 106 Å². The van der Waals surface area contributed by atoms with Crippen LogP contribution in [0.25, 0.3) is 0 Å². The van der Waals surface area contributed by atoms with Crippen LogP contribution < -0.4 is 4.74 Å². The number of ketones is 1. The summed E-state index contributed by atoms with van der Waals surface area (Å²) in [6.07, 6.45) is 2.76. The van der Waals surface area contributed by atoms with Gasteiger partial charge in [-0.25, -0.2) is 0 Å². The van der Waals surface area contributed by atoms with Gasteiger partial charge in [0.2, 0.25) is 0 Å². The minimum absolute atomic E-state index is 0.119. The van der Waals surface area contributed by atoms with Gasteiger partial charge < -0.3 is 10.1 Å². The quantitative estimate of drug-likeness (QED) is 0.781. The standard InChI is InChI=1S/C14H16N2O2/c1-9-5-4-6-11(14(9)18-3)13(16)8-7-12(15)10(2)17/h4-8,15-16H,1-3H3/b8-7-,15-12?,16-13?. The number of hydrogen-bond donors (Lipinski definition) is 2. The highest BCUT2D eigenvalue weighted by Crippen LogP contribution is 2.23. The molecule has 1 aromatic rings. The van der Waals surface area contributed by atoms with Crippen molar-refractivity contribution in [3.05, 3.63) is 41.5 Å². The summed E-state index contributed by atoms with van der Waals surface area (Å²) in [5, 5.41) is 15.3. The zero-order chi connectivity index (χ0) is 13.7. The Bertz CT molecular complexity index is 531. The summed E-state index contributed by atoms with van der Waals surface area (Å²) in [4.78, 5) is 10.9. The van der Waals surface area contributed by atoms with Crippen LogP contribution in [0.1, 0.15) is 18.1 Å². The summed E-state index contributed by atoms with van der Waals surface area (Å²) in [6, 6.07) is 5.51. The van der Waals surface area contributed by atoms with Crippen molar-refractivity contribution >= 4 is 17.2 Å². The van der Waals surface area contributed by atoms with Crippen LogP contribution >= 0.6 is 0 Å². The van der Waals surface area contributed by atoms with E-state index >= 15 is 0 Å². The number of carbonyl (C=O) groups excluding carboxylic acids is 1. The maximum absolute atomic E-state index is 10.9. The third-order valence-corrected chi connectivity index (χ3v) is 2.50. The summed E-state index contributed by atoms with van der Waals surface area (Å²) in [7, 11) is 1.56. The van der Waals surface area contributed by atoms with E-state index in [-0.39, 0.29) is 17.2 Å². The maximum Gasteiger partial charge on any atom is 0.177 e. The number of carbonyl (C=O) groups is 1. The van der Waals surface area contributed by atoms with E-state index in [1.165, 1.54) is 19.1 Å². The number of aryl methyl sites for hydroxylation is 1. The number of Topliss-reactive ketones (excluding diaryl/α,β-unsaturated/α-hetero) is 1. The molecule has 4 nitrogen and oxygen atoms in total. The zero-order valence-electron chi connectivity index (χ0n) is 10.7. The van der Waals surface area contributed by atoms with E-state index in [1.54, 1.807) is 13.2 Å². The molecule has 0 unspecified atom stereocenters. The Hall–Kier alpha value is -2.23. The van der Waals surface area contributed by atoms with Gasteiger partial charge in [0, 0.05) is 12.5 Å². The summed E-state index contributed by atoms with van der Waals surface area (Å²) in [5.74, 6) is 0.316. The molecule has 0 radical (unpaired) electrons. The molecular formula is C14H16N2O2. The molecule has 0 aliphatic rings. The van der Waals surface area contributed by atoms with Gasteiger partial charge in [-0.2, -0.15) is 0 Å². The molecule has 94 valence electrons. The molecule has 0 aromatic heterocycles. The van der Waals surface area contributed by atoms with Gasteiger partial charge in [-0.15, -0.1) is 0 Å². The van der Waals surface area contributed by atoms with Crippen LogP contribution in [0.5, 0.6) is 5.75 Å². The van der Waals surface area contributed by atoms with Crippen molar-refractivity contribution in [1.82, 2.24) is 0 Å². The lowest BCUT2D eigenvalue weighted by molar-refractivity contribution is -0.111. The molecular weight excluding hydrogens is 228 g/mol. The first-order valence-electron chi connectivity index (χ1n) is 5.47. The number of benzene rings is 1. The SMILES string of the molecule is COc1c(C)cccc1C(=N)/C=C\C(=N)C(C)=O. The first-order valence-corrected chi connectivity index (χ1v) is 5.47. The minimum atomic E-state index is -0.324. The maximum atomic E-state index is 10.9. The van der Waals surface area contributed by atoms with Gasteiger partial charge in [0.15, 0.2) is 5.78 Å². The average molecular weight is 244 g/mol. The lowest BCUT2D eigenvalue weighted by Crippen LogP contribution is -2.06. The topological polar surface area (TPSA) is 74.0 Å². The number of hydrogen-bond acceptors (Lipinski definition) is 4. The third-order valence-electron chi connectivity index (χ3n) is 2.50. The number of ether oxygens (including phenoxy) is 1. The molecule has 0 saturated carbocycles. The van der Waals surface area contributed by atoms with Crippen molar-refractivity contribution in [3.8, 4) is 5.75 Å². The average Bonchev–Trinajstić information content (AvgIpc) is 2.34. The Morgan fingerprint density at radius 1 is 1.28 bits per heavy atom. The highest BCUT2D eigenvalue weighted by Gasteiger charge is 2.08. The second kappa shape index (κ2) is 5.91. The Kier molecular flexibility index (Phi) is 4.54. The molecule has 1 rings (SSSR count). The molecule has 0 spiro atoms. The van der Waals surface area contributed by atoms with Crippen molar-refractivity contribution in [1.29, 1.82) is 10.8 Å². The van der Waals surface area contributed by atoms with E-state index in [4.69, 9.17) is 15.6 Å².